The number of rotatable bonds is 38. The number of fused-ring (bicyclic) bond motifs is 6. The van der Waals surface area contributed by atoms with E-state index in [0.29, 0.717) is 22.3 Å². The van der Waals surface area contributed by atoms with Gasteiger partial charge in [0.15, 0.2) is 0 Å². The molecule has 0 heterocycles. The number of amides is 2. The van der Waals surface area contributed by atoms with E-state index in [2.05, 4.69) is 15.7 Å². The molecule has 0 fully saturated rings. The Bertz CT molecular complexity index is 4900. The molecule has 10 aromatic rings. The number of nitro groups is 2. The molecule has 3 N–H and O–H groups in total. The van der Waals surface area contributed by atoms with Crippen LogP contribution in [-0.4, -0.2) is 90.5 Å². The molecule has 2 aliphatic carbocycles. The van der Waals surface area contributed by atoms with Crippen LogP contribution in [0.4, 0.5) is 21.0 Å². The highest BCUT2D eigenvalue weighted by molar-refractivity contribution is 7.51. The molecule has 29 heteroatoms. The number of ether oxygens (including phenoxy) is 6. The Morgan fingerprint density at radius 3 is 1.09 bits per heavy atom. The number of carbonyl (C=O) groups is 6. The first-order chi connectivity index (χ1) is 55.4. The van der Waals surface area contributed by atoms with Crippen LogP contribution in [0.15, 0.2) is 267 Å². The zero-order chi connectivity index (χ0) is 80.0. The Morgan fingerprint density at radius 1 is 0.368 bits per heavy atom. The monoisotopic (exact) mass is 1580 g/mol. The molecule has 0 saturated heterocycles. The normalized spacial score (nSPS) is 13.2. The van der Waals surface area contributed by atoms with E-state index in [0.717, 1.165) is 55.6 Å². The van der Waals surface area contributed by atoms with Crippen molar-refractivity contribution in [1.82, 2.24) is 15.7 Å². The Kier molecular flexibility index (Phi) is 30.2. The quantitative estimate of drug-likeness (QED) is 0.0106. The number of non-ortho nitro benzene ring substituents is 2. The third-order valence-electron chi connectivity index (χ3n) is 18.3. The van der Waals surface area contributed by atoms with Crippen LogP contribution in [-0.2, 0) is 114 Å². The summed E-state index contributed by atoms with van der Waals surface area (Å²) in [4.78, 5) is 101. The Labute approximate surface area is 657 Å². The number of esters is 4. The van der Waals surface area contributed by atoms with Crippen LogP contribution in [0.1, 0.15) is 93.2 Å². The van der Waals surface area contributed by atoms with E-state index in [1.165, 1.54) is 48.5 Å². The number of alkyl carbamates (subject to hydrolysis) is 2. The fourth-order valence-corrected chi connectivity index (χ4v) is 14.5. The van der Waals surface area contributed by atoms with Gasteiger partial charge in [0, 0.05) is 59.9 Å². The van der Waals surface area contributed by atoms with Gasteiger partial charge in [0.25, 0.3) is 11.4 Å². The Morgan fingerprint density at radius 2 is 0.702 bits per heavy atom. The second-order valence-corrected chi connectivity index (χ2v) is 28.8. The molecule has 2 amide bonds. The third kappa shape index (κ3) is 24.3. The van der Waals surface area contributed by atoms with Crippen molar-refractivity contribution in [3.8, 4) is 22.3 Å². The van der Waals surface area contributed by atoms with Crippen LogP contribution in [0, 0.1) is 20.2 Å². The summed E-state index contributed by atoms with van der Waals surface area (Å²) < 4.78 is 82.7. The lowest BCUT2D eigenvalue weighted by Crippen LogP contribution is -2.43. The van der Waals surface area contributed by atoms with Crippen molar-refractivity contribution < 1.29 is 94.3 Å². The zero-order valence-electron chi connectivity index (χ0n) is 61.5. The van der Waals surface area contributed by atoms with E-state index in [9.17, 15) is 58.1 Å². The number of hydrogen-bond donors (Lipinski definition) is 3. The molecule has 2 aliphatic rings. The molecule has 0 spiro atoms. The Balaban J connectivity index is 0.000000246. The van der Waals surface area contributed by atoms with Crippen LogP contribution < -0.4 is 15.7 Å². The highest BCUT2D eigenvalue weighted by atomic mass is 31.2. The summed E-state index contributed by atoms with van der Waals surface area (Å²) in [5.41, 5.74) is 11.8. The molecule has 0 aliphatic heterocycles. The largest absolute Gasteiger partial charge is 0.697 e. The molecule has 0 radical (unpaired) electrons. The van der Waals surface area contributed by atoms with Gasteiger partial charge in [-0.3, -0.25) is 38.9 Å². The molecule has 5 unspecified atom stereocenters. The van der Waals surface area contributed by atoms with Gasteiger partial charge in [0.2, 0.25) is 0 Å². The first-order valence-electron chi connectivity index (χ1n) is 36.3. The number of hydrogen-bond acceptors (Lipinski definition) is 22. The maximum atomic E-state index is 14.8. The van der Waals surface area contributed by atoms with Crippen LogP contribution in [0.25, 0.3) is 22.3 Å². The summed E-state index contributed by atoms with van der Waals surface area (Å²) in [5.74, 6) is -3.53. The lowest BCUT2D eigenvalue weighted by molar-refractivity contribution is -0.385. The minimum atomic E-state index is -4.65. The van der Waals surface area contributed by atoms with Crippen molar-refractivity contribution >= 4 is 63.4 Å². The van der Waals surface area contributed by atoms with Gasteiger partial charge in [0.1, 0.15) is 71.0 Å². The maximum absolute atomic E-state index is 14.8. The highest BCUT2D eigenvalue weighted by Gasteiger charge is 2.37. The van der Waals surface area contributed by atoms with Crippen LogP contribution >= 0.6 is 16.0 Å². The van der Waals surface area contributed by atoms with E-state index in [1.807, 2.05) is 127 Å². The number of benzene rings is 10. The minimum Gasteiger partial charge on any atom is -0.461 e. The smallest absolute Gasteiger partial charge is 0.461 e. The van der Waals surface area contributed by atoms with Gasteiger partial charge in [-0.25, -0.2) is 28.8 Å². The highest BCUT2D eigenvalue weighted by Crippen LogP contribution is 2.48. The Hall–Kier alpha value is -12.5. The van der Waals surface area contributed by atoms with Gasteiger partial charge in [-0.15, -0.1) is 9.05 Å². The number of nitro benzene ring substituents is 2. The number of carbonyl (C=O) groups excluding carboxylic acids is 6. The van der Waals surface area contributed by atoms with E-state index in [-0.39, 0.29) is 102 Å². The molecule has 586 valence electrons. The molecular weight excluding hydrogens is 1500 g/mol. The topological polar surface area (TPSA) is 351 Å². The van der Waals surface area contributed by atoms with Crippen molar-refractivity contribution in [2.24, 2.45) is 0 Å². The average molecular weight is 1590 g/mol. The lowest BCUT2D eigenvalue weighted by atomic mass is 9.98. The molecule has 5 atom stereocenters. The number of nitrogens with one attached hydrogen (secondary N) is 3. The standard InChI is InChI=1S/C52H50N3O13P.C33H29N2O9P/c56-49(63-32-37-14-4-1-5-15-37)29-28-48(51(58)65-34-39-18-8-3-9-19-39)54-69(62,68-35-40-24-26-41(27-25-40)55(60)61)67-31-30-47(50(57)64-33-38-16-6-2-7-17-38)53-52(59)66-36-46-44-22-12-10-20-42(44)43-21-11-13-23-45(43)46;36-32(41-20-23-8-2-1-3-9-23)31(18-19-43-45(40)44-21-24-14-16-25(17-15-24)35(38)39)34-33(37)42-22-30-28-12-6-4-10-26(28)27-11-5-7-13-29(27)30/h1-27,46-48H,28-36H2,(H,53,59)(H,54,62);1-17,30-31H,18-22H2/p+1. The van der Waals surface area contributed by atoms with Gasteiger partial charge in [-0.1, -0.05) is 218 Å². The van der Waals surface area contributed by atoms with E-state index in [1.54, 1.807) is 91.0 Å². The second kappa shape index (κ2) is 41.7. The van der Waals surface area contributed by atoms with Crippen molar-refractivity contribution in [2.75, 3.05) is 26.4 Å². The van der Waals surface area contributed by atoms with Gasteiger partial charge in [-0.2, -0.15) is 0 Å². The first-order valence-corrected chi connectivity index (χ1v) is 39.0. The molecule has 0 aromatic heterocycles. The molecule has 27 nitrogen and oxygen atoms in total. The predicted octanol–water partition coefficient (Wildman–Crippen LogP) is 16.3. The van der Waals surface area contributed by atoms with Crippen molar-refractivity contribution in [3.05, 3.63) is 343 Å². The molecular formula is C85H80N5O22P2+. The summed E-state index contributed by atoms with van der Waals surface area (Å²) in [5, 5.41) is 29.9. The maximum Gasteiger partial charge on any atom is 0.697 e. The summed E-state index contributed by atoms with van der Waals surface area (Å²) in [6, 6.07) is 74.2. The summed E-state index contributed by atoms with van der Waals surface area (Å²) in [7, 11) is -7.23. The van der Waals surface area contributed by atoms with Gasteiger partial charge in [0.05, 0.1) is 23.1 Å². The van der Waals surface area contributed by atoms with Crippen LogP contribution in [0.2, 0.25) is 0 Å². The van der Waals surface area contributed by atoms with E-state index >= 15 is 0 Å². The van der Waals surface area contributed by atoms with Crippen LogP contribution in [0.3, 0.4) is 0 Å². The predicted molar refractivity (Wildman–Crippen MR) is 417 cm³/mol. The third-order valence-corrected chi connectivity index (χ3v) is 20.6. The lowest BCUT2D eigenvalue weighted by Gasteiger charge is -2.25. The second-order valence-electron chi connectivity index (χ2n) is 26.1. The molecule has 10 aromatic carbocycles. The fraction of sp³-hybridized carbons (Fsp3) is 0.224. The average Bonchev–Trinajstić information content (AvgIpc) is 1.62. The van der Waals surface area contributed by atoms with Crippen LogP contribution in [0.5, 0.6) is 0 Å². The van der Waals surface area contributed by atoms with Crippen molar-refractivity contribution in [1.29, 1.82) is 0 Å². The van der Waals surface area contributed by atoms with Gasteiger partial charge >= 0.3 is 52.1 Å². The van der Waals surface area contributed by atoms with Crippen molar-refractivity contribution in [3.63, 3.8) is 0 Å². The molecule has 0 saturated carbocycles. The first kappa shape index (κ1) is 82.5. The molecule has 114 heavy (non-hydrogen) atoms. The zero-order valence-corrected chi connectivity index (χ0v) is 63.2. The SMILES string of the molecule is O=C(CCC(NP(=O)(OCCC(NC(=O)OCC1c2ccccc2-c2ccccc21)C(=O)OCc1ccccc1)OCc1ccc([N+](=O)[O-])cc1)C(=O)OCc1ccccc1)OCc1ccccc1.O=C(NC(CCO[P+](=O)OCc1ccc([N+](=O)[O-])cc1)C(=O)OCc1ccccc1)OCC1c2ccccc2-c2ccccc21. The van der Waals surface area contributed by atoms with Gasteiger partial charge < -0.3 is 39.1 Å². The fourth-order valence-electron chi connectivity index (χ4n) is 12.4. The minimum absolute atomic E-state index is 0.00396. The van der Waals surface area contributed by atoms with E-state index < -0.39 is 93.3 Å². The molecule has 12 rings (SSSR count). The van der Waals surface area contributed by atoms with E-state index in [4.69, 9.17) is 46.5 Å². The summed E-state index contributed by atoms with van der Waals surface area (Å²) >= 11 is 0. The van der Waals surface area contributed by atoms with Crippen molar-refractivity contribution in [2.45, 2.75) is 95.3 Å². The summed E-state index contributed by atoms with van der Waals surface area (Å²) in [6.07, 6.45) is -2.70. The summed E-state index contributed by atoms with van der Waals surface area (Å²) in [6.45, 7) is -1.54. The molecule has 0 bridgehead atoms. The number of nitrogens with zero attached hydrogens (tertiary/aromatic N) is 2. The van der Waals surface area contributed by atoms with Gasteiger partial charge in [-0.05, 0) is 109 Å².